The van der Waals surface area contributed by atoms with E-state index in [0.29, 0.717) is 19.4 Å². The van der Waals surface area contributed by atoms with Crippen LogP contribution in [-0.2, 0) is 11.2 Å². The highest BCUT2D eigenvalue weighted by molar-refractivity contribution is 5.14. The minimum absolute atomic E-state index is 0.0151. The lowest BCUT2D eigenvalue weighted by atomic mass is 9.88. The molecule has 5 atom stereocenters. The molecular formula is C18H28O4. The van der Waals surface area contributed by atoms with Crippen molar-refractivity contribution in [2.24, 2.45) is 11.8 Å². The fraction of sp³-hybridized carbons (Fsp3) is 0.667. The zero-order valence-corrected chi connectivity index (χ0v) is 13.3. The smallest absolute Gasteiger partial charge is 0.0618 e. The van der Waals surface area contributed by atoms with Crippen LogP contribution in [0.2, 0.25) is 0 Å². The van der Waals surface area contributed by atoms with E-state index in [4.69, 9.17) is 4.74 Å². The number of aryl methyl sites for hydroxylation is 1. The lowest BCUT2D eigenvalue weighted by Crippen LogP contribution is -2.27. The van der Waals surface area contributed by atoms with Crippen molar-refractivity contribution < 1.29 is 20.1 Å². The lowest BCUT2D eigenvalue weighted by molar-refractivity contribution is 0.0360. The van der Waals surface area contributed by atoms with Gasteiger partial charge in [-0.15, -0.1) is 0 Å². The van der Waals surface area contributed by atoms with E-state index < -0.39 is 12.2 Å². The summed E-state index contributed by atoms with van der Waals surface area (Å²) in [4.78, 5) is 0. The van der Waals surface area contributed by atoms with Crippen molar-refractivity contribution in [3.8, 4) is 0 Å². The predicted octanol–water partition coefficient (Wildman–Crippen LogP) is 1.76. The summed E-state index contributed by atoms with van der Waals surface area (Å²) in [5.41, 5.74) is 1.23. The fourth-order valence-corrected chi connectivity index (χ4v) is 3.51. The molecule has 0 spiro atoms. The van der Waals surface area contributed by atoms with Gasteiger partial charge in [0.25, 0.3) is 0 Å². The number of benzene rings is 1. The zero-order valence-electron chi connectivity index (χ0n) is 13.3. The summed E-state index contributed by atoms with van der Waals surface area (Å²) in [6.45, 7) is 0.461. The van der Waals surface area contributed by atoms with Crippen LogP contribution in [0.4, 0.5) is 0 Å². The summed E-state index contributed by atoms with van der Waals surface area (Å²) in [5.74, 6) is -0.0114. The normalized spacial score (nSPS) is 29.6. The van der Waals surface area contributed by atoms with Crippen LogP contribution < -0.4 is 0 Å². The van der Waals surface area contributed by atoms with Crippen LogP contribution in [-0.4, -0.2) is 47.3 Å². The van der Waals surface area contributed by atoms with Gasteiger partial charge in [-0.1, -0.05) is 30.3 Å². The first-order valence-corrected chi connectivity index (χ1v) is 8.19. The SMILES string of the molecule is COC[C@@H]1[C@@H](CC[C@@H](O)CCc2ccccc2)[C@H](O)C[C@@H]1O. The number of aliphatic hydroxyl groups excluding tert-OH is 3. The van der Waals surface area contributed by atoms with E-state index in [9.17, 15) is 15.3 Å². The van der Waals surface area contributed by atoms with E-state index in [1.807, 2.05) is 18.2 Å². The minimum atomic E-state index is -0.499. The van der Waals surface area contributed by atoms with Crippen molar-refractivity contribution in [3.05, 3.63) is 35.9 Å². The fourth-order valence-electron chi connectivity index (χ4n) is 3.51. The van der Waals surface area contributed by atoms with E-state index >= 15 is 0 Å². The number of rotatable bonds is 8. The number of aliphatic hydroxyl groups is 3. The Labute approximate surface area is 132 Å². The molecule has 1 aromatic rings. The molecule has 0 bridgehead atoms. The maximum absolute atomic E-state index is 10.2. The molecular weight excluding hydrogens is 280 g/mol. The largest absolute Gasteiger partial charge is 0.393 e. The number of hydrogen-bond donors (Lipinski definition) is 3. The lowest BCUT2D eigenvalue weighted by Gasteiger charge is -2.23. The van der Waals surface area contributed by atoms with Crippen LogP contribution in [0.5, 0.6) is 0 Å². The average Bonchev–Trinajstić information content (AvgIpc) is 2.78. The Hall–Kier alpha value is -0.940. The molecule has 22 heavy (non-hydrogen) atoms. The van der Waals surface area contributed by atoms with Gasteiger partial charge in [-0.2, -0.15) is 0 Å². The third-order valence-electron chi connectivity index (χ3n) is 4.82. The van der Waals surface area contributed by atoms with Crippen LogP contribution >= 0.6 is 0 Å². The first kappa shape index (κ1) is 17.4. The van der Waals surface area contributed by atoms with Gasteiger partial charge in [-0.25, -0.2) is 0 Å². The first-order valence-electron chi connectivity index (χ1n) is 8.19. The summed E-state index contributed by atoms with van der Waals surface area (Å²) in [5, 5.41) is 30.2. The van der Waals surface area contributed by atoms with Crippen molar-refractivity contribution in [3.63, 3.8) is 0 Å². The molecule has 0 amide bonds. The van der Waals surface area contributed by atoms with Crippen molar-refractivity contribution in [2.45, 2.75) is 50.4 Å². The maximum Gasteiger partial charge on any atom is 0.0618 e. The molecule has 0 radical (unpaired) electrons. The summed E-state index contributed by atoms with van der Waals surface area (Å²) in [6, 6.07) is 10.1. The summed E-state index contributed by atoms with van der Waals surface area (Å²) < 4.78 is 5.15. The summed E-state index contributed by atoms with van der Waals surface area (Å²) in [7, 11) is 1.61. The summed E-state index contributed by atoms with van der Waals surface area (Å²) >= 11 is 0. The minimum Gasteiger partial charge on any atom is -0.393 e. The average molecular weight is 308 g/mol. The molecule has 1 aromatic carbocycles. The van der Waals surface area contributed by atoms with E-state index in [1.165, 1.54) is 5.56 Å². The predicted molar refractivity (Wildman–Crippen MR) is 85.5 cm³/mol. The standard InChI is InChI=1S/C18H28O4/c1-22-12-16-15(17(20)11-18(16)21)10-9-14(19)8-7-13-5-3-2-4-6-13/h2-6,14-21H,7-12H2,1H3/t14-,15+,16+,17+,18-/m0/s1. The highest BCUT2D eigenvalue weighted by atomic mass is 16.5. The van der Waals surface area contributed by atoms with Crippen LogP contribution in [0.3, 0.4) is 0 Å². The summed E-state index contributed by atoms with van der Waals surface area (Å²) in [6.07, 6.45) is 2.03. The molecule has 1 aliphatic carbocycles. The first-order chi connectivity index (χ1) is 10.6. The van der Waals surface area contributed by atoms with Gasteiger partial charge in [-0.3, -0.25) is 0 Å². The van der Waals surface area contributed by atoms with Crippen molar-refractivity contribution in [2.75, 3.05) is 13.7 Å². The van der Waals surface area contributed by atoms with Gasteiger partial charge < -0.3 is 20.1 Å². The van der Waals surface area contributed by atoms with Gasteiger partial charge in [0.15, 0.2) is 0 Å². The Morgan fingerprint density at radius 1 is 1.09 bits per heavy atom. The molecule has 3 N–H and O–H groups in total. The van der Waals surface area contributed by atoms with Crippen LogP contribution in [0.15, 0.2) is 30.3 Å². The second-order valence-electron chi connectivity index (χ2n) is 6.41. The number of ether oxygens (including phenoxy) is 1. The molecule has 1 aliphatic rings. The highest BCUT2D eigenvalue weighted by Gasteiger charge is 2.41. The van der Waals surface area contributed by atoms with E-state index in [-0.39, 0.29) is 17.9 Å². The van der Waals surface area contributed by atoms with Crippen LogP contribution in [0.1, 0.15) is 31.2 Å². The monoisotopic (exact) mass is 308 g/mol. The van der Waals surface area contributed by atoms with Crippen LogP contribution in [0.25, 0.3) is 0 Å². The topological polar surface area (TPSA) is 69.9 Å². The molecule has 1 saturated carbocycles. The van der Waals surface area contributed by atoms with Crippen molar-refractivity contribution in [1.82, 2.24) is 0 Å². The molecule has 0 saturated heterocycles. The Balaban J connectivity index is 1.76. The van der Waals surface area contributed by atoms with Gasteiger partial charge >= 0.3 is 0 Å². The van der Waals surface area contributed by atoms with Gasteiger partial charge in [-0.05, 0) is 43.6 Å². The van der Waals surface area contributed by atoms with Crippen molar-refractivity contribution >= 4 is 0 Å². The van der Waals surface area contributed by atoms with Crippen molar-refractivity contribution in [1.29, 1.82) is 0 Å². The maximum atomic E-state index is 10.2. The van der Waals surface area contributed by atoms with E-state index in [1.54, 1.807) is 7.11 Å². The third-order valence-corrected chi connectivity index (χ3v) is 4.82. The Kier molecular flexibility index (Phi) is 6.83. The van der Waals surface area contributed by atoms with E-state index in [2.05, 4.69) is 12.1 Å². The van der Waals surface area contributed by atoms with Gasteiger partial charge in [0.1, 0.15) is 0 Å². The Morgan fingerprint density at radius 2 is 1.77 bits per heavy atom. The van der Waals surface area contributed by atoms with Crippen LogP contribution in [0, 0.1) is 11.8 Å². The quantitative estimate of drug-likeness (QED) is 0.684. The molecule has 2 rings (SSSR count). The zero-order chi connectivity index (χ0) is 15.9. The van der Waals surface area contributed by atoms with Gasteiger partial charge in [0.2, 0.25) is 0 Å². The van der Waals surface area contributed by atoms with Gasteiger partial charge in [0.05, 0.1) is 24.9 Å². The molecule has 0 unspecified atom stereocenters. The molecule has 0 heterocycles. The molecule has 0 aromatic heterocycles. The highest BCUT2D eigenvalue weighted by Crippen LogP contribution is 2.36. The molecule has 0 aliphatic heterocycles. The Morgan fingerprint density at radius 3 is 2.45 bits per heavy atom. The van der Waals surface area contributed by atoms with Gasteiger partial charge in [0, 0.05) is 13.0 Å². The molecule has 4 nitrogen and oxygen atoms in total. The van der Waals surface area contributed by atoms with E-state index in [0.717, 1.165) is 19.3 Å². The third kappa shape index (κ3) is 4.78. The molecule has 124 valence electrons. The molecule has 1 fully saturated rings. The second kappa shape index (κ2) is 8.63. The number of methoxy groups -OCH3 is 1. The second-order valence-corrected chi connectivity index (χ2v) is 6.41. The number of hydrogen-bond acceptors (Lipinski definition) is 4. The molecule has 4 heteroatoms. The Bertz CT molecular complexity index is 422.